The molecule has 0 fully saturated rings. The molecule has 0 saturated heterocycles. The molecule has 0 saturated carbocycles. The Bertz CT molecular complexity index is 2420. The zero-order valence-corrected chi connectivity index (χ0v) is 27.5. The number of nitrogens with zero attached hydrogens (tertiary/aromatic N) is 8. The van der Waals surface area contributed by atoms with Gasteiger partial charge in [-0.1, -0.05) is 65.7 Å². The molecule has 3 N–H and O–H groups in total. The number of anilines is 1. The number of carbonyl (C=O) groups is 2. The van der Waals surface area contributed by atoms with Gasteiger partial charge < -0.3 is 11.1 Å². The first kappa shape index (κ1) is 33.4. The van der Waals surface area contributed by atoms with E-state index in [1.54, 1.807) is 29.1 Å². The van der Waals surface area contributed by atoms with Crippen molar-refractivity contribution in [2.24, 2.45) is 5.73 Å². The van der Waals surface area contributed by atoms with E-state index in [1.165, 1.54) is 40.1 Å². The number of carbonyl (C=O) groups excluding carboxylic acids is 2. The molecule has 0 radical (unpaired) electrons. The minimum Gasteiger partial charge on any atom is -0.365 e. The molecule has 7 aromatic rings. The SMILES string of the molecule is NC(=O)c1c(NC(=O)c2cc(Cn3ncc(-c4ccc(C(F)(F)F)cc4)n3)nn2-c2ncccc2Cl)c(Cl)cc2cn(Cc3ccccc3)nc12. The number of fused-ring (bicyclic) bond motifs is 1. The average Bonchev–Trinajstić information content (AvgIpc) is 3.84. The normalized spacial score (nSPS) is 11.6. The van der Waals surface area contributed by atoms with Gasteiger partial charge in [-0.05, 0) is 42.0 Å². The Morgan fingerprint density at radius 1 is 0.882 bits per heavy atom. The number of alkyl halides is 3. The maximum absolute atomic E-state index is 14.0. The zero-order chi connectivity index (χ0) is 35.9. The highest BCUT2D eigenvalue weighted by Gasteiger charge is 2.30. The third-order valence-corrected chi connectivity index (χ3v) is 8.34. The molecule has 7 rings (SSSR count). The number of nitrogens with one attached hydrogen (secondary N) is 1. The van der Waals surface area contributed by atoms with Gasteiger partial charge >= 0.3 is 6.18 Å². The first-order valence-corrected chi connectivity index (χ1v) is 15.8. The number of halogens is 5. The third kappa shape index (κ3) is 6.89. The van der Waals surface area contributed by atoms with Crippen LogP contribution in [-0.2, 0) is 19.3 Å². The molecule has 256 valence electrons. The molecular weight excluding hydrogens is 708 g/mol. The van der Waals surface area contributed by atoms with Gasteiger partial charge in [0.1, 0.15) is 23.4 Å². The van der Waals surface area contributed by atoms with Crippen molar-refractivity contribution in [3.05, 3.63) is 136 Å². The van der Waals surface area contributed by atoms with E-state index in [1.807, 2.05) is 30.3 Å². The largest absolute Gasteiger partial charge is 0.416 e. The fourth-order valence-corrected chi connectivity index (χ4v) is 5.88. The van der Waals surface area contributed by atoms with Crippen LogP contribution in [0, 0.1) is 0 Å². The first-order valence-electron chi connectivity index (χ1n) is 15.1. The van der Waals surface area contributed by atoms with Gasteiger partial charge in [0, 0.05) is 23.3 Å². The third-order valence-electron chi connectivity index (χ3n) is 7.75. The van der Waals surface area contributed by atoms with Crippen LogP contribution in [0.15, 0.2) is 97.5 Å². The second-order valence-electron chi connectivity index (χ2n) is 11.3. The molecule has 2 amide bonds. The lowest BCUT2D eigenvalue weighted by Crippen LogP contribution is -2.21. The Hall–Kier alpha value is -6.06. The first-order chi connectivity index (χ1) is 24.4. The monoisotopic (exact) mass is 730 g/mol. The van der Waals surface area contributed by atoms with Crippen LogP contribution in [-0.4, -0.2) is 51.4 Å². The van der Waals surface area contributed by atoms with Crippen LogP contribution >= 0.6 is 23.2 Å². The highest BCUT2D eigenvalue weighted by atomic mass is 35.5. The van der Waals surface area contributed by atoms with E-state index in [4.69, 9.17) is 28.9 Å². The number of aromatic nitrogens is 8. The second kappa shape index (κ2) is 13.3. The standard InChI is InChI=1S/C34H23Cl2F3N10O2/c35-24-7-4-12-41-32(24)49-27(14-23(44-49)18-48-42-15-26(45-48)20-8-10-22(11-9-20)34(37,38)39)33(51)43-30-25(36)13-21-17-47(16-19-5-2-1-3-6-19)46-29(21)28(30)31(40)50/h1-15,17H,16,18H2,(H2,40,50)(H,43,51). The Labute approximate surface area is 296 Å². The summed E-state index contributed by atoms with van der Waals surface area (Å²) in [5, 5.41) is 21.2. The summed E-state index contributed by atoms with van der Waals surface area (Å²) in [6.07, 6.45) is 0.119. The summed E-state index contributed by atoms with van der Waals surface area (Å²) in [6, 6.07) is 20.3. The van der Waals surface area contributed by atoms with Crippen LogP contribution in [0.5, 0.6) is 0 Å². The van der Waals surface area contributed by atoms with E-state index in [0.29, 0.717) is 28.9 Å². The molecule has 0 bridgehead atoms. The predicted octanol–water partition coefficient (Wildman–Crippen LogP) is 6.65. The van der Waals surface area contributed by atoms with Crippen LogP contribution < -0.4 is 11.1 Å². The minimum atomic E-state index is -4.47. The highest BCUT2D eigenvalue weighted by molar-refractivity contribution is 6.36. The maximum atomic E-state index is 14.0. The predicted molar refractivity (Wildman–Crippen MR) is 183 cm³/mol. The van der Waals surface area contributed by atoms with E-state index < -0.39 is 23.6 Å². The number of amides is 2. The van der Waals surface area contributed by atoms with Crippen molar-refractivity contribution >= 4 is 51.6 Å². The molecular formula is C34H23Cl2F3N10O2. The Morgan fingerprint density at radius 3 is 2.35 bits per heavy atom. The van der Waals surface area contributed by atoms with Gasteiger partial charge in [0.2, 0.25) is 0 Å². The molecule has 0 aliphatic carbocycles. The lowest BCUT2D eigenvalue weighted by Gasteiger charge is -2.13. The summed E-state index contributed by atoms with van der Waals surface area (Å²) in [6.45, 7) is 0.368. The molecule has 4 aromatic heterocycles. The number of pyridine rings is 1. The van der Waals surface area contributed by atoms with Gasteiger partial charge in [0.15, 0.2) is 5.82 Å². The molecule has 12 nitrogen and oxygen atoms in total. The molecule has 4 heterocycles. The van der Waals surface area contributed by atoms with Crippen molar-refractivity contribution in [3.63, 3.8) is 0 Å². The number of nitrogens with two attached hydrogens (primary N) is 1. The Kier molecular flexibility index (Phi) is 8.74. The summed E-state index contributed by atoms with van der Waals surface area (Å²) in [4.78, 5) is 32.4. The molecule has 17 heteroatoms. The number of rotatable bonds is 9. The topological polar surface area (TPSA) is 151 Å². The highest BCUT2D eigenvalue weighted by Crippen LogP contribution is 2.34. The van der Waals surface area contributed by atoms with Gasteiger partial charge in [0.25, 0.3) is 11.8 Å². The number of hydrogen-bond donors (Lipinski definition) is 2. The van der Waals surface area contributed by atoms with Crippen molar-refractivity contribution in [2.75, 3.05) is 5.32 Å². The molecule has 0 spiro atoms. The number of benzene rings is 3. The lowest BCUT2D eigenvalue weighted by atomic mass is 10.1. The molecule has 51 heavy (non-hydrogen) atoms. The summed E-state index contributed by atoms with van der Waals surface area (Å²) in [7, 11) is 0. The fraction of sp³-hybridized carbons (Fsp3) is 0.0882. The van der Waals surface area contributed by atoms with Crippen LogP contribution in [0.3, 0.4) is 0 Å². The second-order valence-corrected chi connectivity index (χ2v) is 12.1. The summed E-state index contributed by atoms with van der Waals surface area (Å²) in [5.74, 6) is -1.47. The van der Waals surface area contributed by atoms with E-state index >= 15 is 0 Å². The van der Waals surface area contributed by atoms with E-state index in [2.05, 4.69) is 30.7 Å². The van der Waals surface area contributed by atoms with Crippen molar-refractivity contribution in [1.29, 1.82) is 0 Å². The average molecular weight is 732 g/mol. The minimum absolute atomic E-state index is 0.0399. The van der Waals surface area contributed by atoms with Gasteiger partial charge in [0.05, 0.1) is 45.3 Å². The van der Waals surface area contributed by atoms with Gasteiger partial charge in [-0.25, -0.2) is 9.67 Å². The maximum Gasteiger partial charge on any atom is 0.416 e. The van der Waals surface area contributed by atoms with E-state index in [-0.39, 0.29) is 44.9 Å². The lowest BCUT2D eigenvalue weighted by molar-refractivity contribution is -0.137. The van der Waals surface area contributed by atoms with Gasteiger partial charge in [-0.2, -0.15) is 38.4 Å². The van der Waals surface area contributed by atoms with Crippen LogP contribution in [0.2, 0.25) is 10.0 Å². The Morgan fingerprint density at radius 2 is 1.65 bits per heavy atom. The Balaban J connectivity index is 1.21. The van der Waals surface area contributed by atoms with Crippen LogP contribution in [0.25, 0.3) is 28.0 Å². The summed E-state index contributed by atoms with van der Waals surface area (Å²) in [5.41, 5.74) is 7.11. The number of hydrogen-bond acceptors (Lipinski definition) is 7. The molecule has 0 aliphatic heterocycles. The van der Waals surface area contributed by atoms with E-state index in [9.17, 15) is 22.8 Å². The van der Waals surface area contributed by atoms with Crippen molar-refractivity contribution in [3.8, 4) is 17.1 Å². The molecule has 0 atom stereocenters. The van der Waals surface area contributed by atoms with Crippen LogP contribution in [0.4, 0.5) is 18.9 Å². The zero-order valence-electron chi connectivity index (χ0n) is 26.0. The fourth-order valence-electron chi connectivity index (χ4n) is 5.42. The smallest absolute Gasteiger partial charge is 0.365 e. The van der Waals surface area contributed by atoms with Gasteiger partial charge in [-0.3, -0.25) is 14.3 Å². The number of primary amides is 1. The van der Waals surface area contributed by atoms with Gasteiger partial charge in [-0.15, -0.1) is 0 Å². The van der Waals surface area contributed by atoms with Crippen LogP contribution in [0.1, 0.15) is 37.7 Å². The van der Waals surface area contributed by atoms with Crippen molar-refractivity contribution in [1.82, 2.24) is 39.5 Å². The van der Waals surface area contributed by atoms with Crippen molar-refractivity contribution < 1.29 is 22.8 Å². The summed E-state index contributed by atoms with van der Waals surface area (Å²) >= 11 is 13.1. The van der Waals surface area contributed by atoms with Crippen molar-refractivity contribution in [2.45, 2.75) is 19.3 Å². The molecule has 0 unspecified atom stereocenters. The summed E-state index contributed by atoms with van der Waals surface area (Å²) < 4.78 is 41.9. The van der Waals surface area contributed by atoms with E-state index in [0.717, 1.165) is 17.7 Å². The quantitative estimate of drug-likeness (QED) is 0.169. The molecule has 3 aromatic carbocycles. The molecule has 0 aliphatic rings.